The van der Waals surface area contributed by atoms with Gasteiger partial charge in [-0.2, -0.15) is 0 Å². The molecule has 0 aliphatic rings. The average Bonchev–Trinajstić information content (AvgIpc) is 2.36. The third-order valence-electron chi connectivity index (χ3n) is 2.59. The lowest BCUT2D eigenvalue weighted by molar-refractivity contribution is 0.434. The van der Waals surface area contributed by atoms with Crippen LogP contribution in [-0.2, 0) is 6.54 Å². The fraction of sp³-hybridized carbons (Fsp3) is 0.143. The number of rotatable bonds is 3. The highest BCUT2D eigenvalue weighted by Crippen LogP contribution is 2.28. The number of hydrogen-bond acceptors (Lipinski definition) is 2. The molecule has 0 amide bonds. The van der Waals surface area contributed by atoms with Crippen molar-refractivity contribution in [1.82, 2.24) is 0 Å². The zero-order valence-corrected chi connectivity index (χ0v) is 9.91. The highest BCUT2D eigenvalue weighted by atomic mass is 19.1. The Morgan fingerprint density at radius 2 is 1.83 bits per heavy atom. The summed E-state index contributed by atoms with van der Waals surface area (Å²) in [5.74, 6) is -0.781. The lowest BCUT2D eigenvalue weighted by Crippen LogP contribution is -1.98. The molecule has 4 heteroatoms. The van der Waals surface area contributed by atoms with Crippen LogP contribution in [0.15, 0.2) is 36.4 Å². The van der Waals surface area contributed by atoms with Crippen molar-refractivity contribution in [1.29, 1.82) is 0 Å². The minimum absolute atomic E-state index is 0.126. The predicted molar refractivity (Wildman–Crippen MR) is 65.5 cm³/mol. The quantitative estimate of drug-likeness (QED) is 0.903. The number of benzene rings is 2. The van der Waals surface area contributed by atoms with E-state index in [1.54, 1.807) is 12.1 Å². The molecule has 2 aromatic carbocycles. The zero-order valence-electron chi connectivity index (χ0n) is 9.91. The lowest BCUT2D eigenvalue weighted by Gasteiger charge is -2.10. The van der Waals surface area contributed by atoms with Crippen LogP contribution in [0.3, 0.4) is 0 Å². The van der Waals surface area contributed by atoms with Crippen molar-refractivity contribution in [2.45, 2.75) is 13.5 Å². The molecule has 2 aromatic rings. The van der Waals surface area contributed by atoms with Crippen LogP contribution in [0, 0.1) is 18.6 Å². The SMILES string of the molecule is Cc1cc(CN)ccc1Oc1cc(F)ccc1F. The zero-order chi connectivity index (χ0) is 13.1. The molecule has 18 heavy (non-hydrogen) atoms. The lowest BCUT2D eigenvalue weighted by atomic mass is 10.1. The summed E-state index contributed by atoms with van der Waals surface area (Å²) in [6.07, 6.45) is 0. The topological polar surface area (TPSA) is 35.2 Å². The molecule has 0 atom stereocenters. The molecule has 2 nitrogen and oxygen atoms in total. The Hall–Kier alpha value is -1.94. The van der Waals surface area contributed by atoms with Crippen LogP contribution >= 0.6 is 0 Å². The van der Waals surface area contributed by atoms with Gasteiger partial charge in [0, 0.05) is 12.6 Å². The minimum atomic E-state index is -0.598. The standard InChI is InChI=1S/C14H13F2NO/c1-9-6-10(8-17)2-5-13(9)18-14-7-11(15)3-4-12(14)16/h2-7H,8,17H2,1H3. The molecule has 0 aliphatic heterocycles. The van der Waals surface area contributed by atoms with Crippen LogP contribution in [0.25, 0.3) is 0 Å². The van der Waals surface area contributed by atoms with Gasteiger partial charge in [0.05, 0.1) is 0 Å². The first kappa shape index (κ1) is 12.5. The van der Waals surface area contributed by atoms with Gasteiger partial charge in [0.25, 0.3) is 0 Å². The second-order valence-electron chi connectivity index (χ2n) is 3.98. The highest BCUT2D eigenvalue weighted by Gasteiger charge is 2.08. The third kappa shape index (κ3) is 2.65. The van der Waals surface area contributed by atoms with Crippen LogP contribution in [-0.4, -0.2) is 0 Å². The van der Waals surface area contributed by atoms with E-state index in [1.807, 2.05) is 13.0 Å². The molecule has 0 spiro atoms. The van der Waals surface area contributed by atoms with Crippen LogP contribution in [0.5, 0.6) is 11.5 Å². The van der Waals surface area contributed by atoms with Crippen molar-refractivity contribution in [3.05, 3.63) is 59.2 Å². The highest BCUT2D eigenvalue weighted by molar-refractivity contribution is 5.40. The molecule has 0 aromatic heterocycles. The van der Waals surface area contributed by atoms with E-state index >= 15 is 0 Å². The molecule has 0 fully saturated rings. The fourth-order valence-electron chi connectivity index (χ4n) is 1.63. The summed E-state index contributed by atoms with van der Waals surface area (Å²) < 4.78 is 31.8. The minimum Gasteiger partial charge on any atom is -0.454 e. The summed E-state index contributed by atoms with van der Waals surface area (Å²) in [4.78, 5) is 0. The first-order chi connectivity index (χ1) is 8.60. The van der Waals surface area contributed by atoms with Gasteiger partial charge in [0.2, 0.25) is 0 Å². The van der Waals surface area contributed by atoms with Gasteiger partial charge in [0.1, 0.15) is 11.6 Å². The van der Waals surface area contributed by atoms with Gasteiger partial charge >= 0.3 is 0 Å². The number of aryl methyl sites for hydroxylation is 1. The number of ether oxygens (including phenoxy) is 1. The summed E-state index contributed by atoms with van der Waals surface area (Å²) in [5.41, 5.74) is 7.29. The molecule has 0 aliphatic carbocycles. The smallest absolute Gasteiger partial charge is 0.165 e. The molecular formula is C14H13F2NO. The van der Waals surface area contributed by atoms with Gasteiger partial charge < -0.3 is 10.5 Å². The molecular weight excluding hydrogens is 236 g/mol. The van der Waals surface area contributed by atoms with Gasteiger partial charge in [-0.15, -0.1) is 0 Å². The molecule has 2 N–H and O–H groups in total. The molecule has 0 bridgehead atoms. The Morgan fingerprint density at radius 1 is 1.06 bits per heavy atom. The molecule has 0 saturated carbocycles. The van der Waals surface area contributed by atoms with E-state index in [2.05, 4.69) is 0 Å². The van der Waals surface area contributed by atoms with E-state index in [9.17, 15) is 8.78 Å². The average molecular weight is 249 g/mol. The summed E-state index contributed by atoms with van der Waals surface area (Å²) in [6, 6.07) is 8.44. The summed E-state index contributed by atoms with van der Waals surface area (Å²) >= 11 is 0. The van der Waals surface area contributed by atoms with E-state index in [1.165, 1.54) is 0 Å². The van der Waals surface area contributed by atoms with Gasteiger partial charge in [-0.05, 0) is 36.2 Å². The van der Waals surface area contributed by atoms with E-state index in [4.69, 9.17) is 10.5 Å². The number of halogens is 2. The monoisotopic (exact) mass is 249 g/mol. The first-order valence-electron chi connectivity index (χ1n) is 5.52. The molecule has 0 heterocycles. The van der Waals surface area contributed by atoms with Crippen molar-refractivity contribution < 1.29 is 13.5 Å². The molecule has 0 saturated heterocycles. The van der Waals surface area contributed by atoms with Crippen LogP contribution in [0.1, 0.15) is 11.1 Å². The molecule has 94 valence electrons. The number of hydrogen-bond donors (Lipinski definition) is 1. The van der Waals surface area contributed by atoms with Crippen LogP contribution < -0.4 is 10.5 Å². The van der Waals surface area contributed by atoms with Gasteiger partial charge in [-0.3, -0.25) is 0 Å². The fourth-order valence-corrected chi connectivity index (χ4v) is 1.63. The normalized spacial score (nSPS) is 10.4. The molecule has 0 unspecified atom stereocenters. The third-order valence-corrected chi connectivity index (χ3v) is 2.59. The Bertz CT molecular complexity index is 570. The summed E-state index contributed by atoms with van der Waals surface area (Å²) in [7, 11) is 0. The van der Waals surface area contributed by atoms with E-state index in [0.717, 1.165) is 29.3 Å². The van der Waals surface area contributed by atoms with Crippen molar-refractivity contribution >= 4 is 0 Å². The van der Waals surface area contributed by atoms with Crippen LogP contribution in [0.2, 0.25) is 0 Å². The van der Waals surface area contributed by atoms with E-state index in [-0.39, 0.29) is 5.75 Å². The predicted octanol–water partition coefficient (Wildman–Crippen LogP) is 3.52. The van der Waals surface area contributed by atoms with E-state index in [0.29, 0.717) is 12.3 Å². The van der Waals surface area contributed by atoms with Crippen molar-refractivity contribution in [3.8, 4) is 11.5 Å². The van der Waals surface area contributed by atoms with Crippen molar-refractivity contribution in [2.75, 3.05) is 0 Å². The Balaban J connectivity index is 2.31. The second-order valence-corrected chi connectivity index (χ2v) is 3.98. The molecule has 0 radical (unpaired) electrons. The Morgan fingerprint density at radius 3 is 2.50 bits per heavy atom. The summed E-state index contributed by atoms with van der Waals surface area (Å²) in [5, 5.41) is 0. The largest absolute Gasteiger partial charge is 0.454 e. The van der Waals surface area contributed by atoms with Gasteiger partial charge in [-0.25, -0.2) is 8.78 Å². The van der Waals surface area contributed by atoms with E-state index < -0.39 is 11.6 Å². The Kier molecular flexibility index (Phi) is 3.58. The van der Waals surface area contributed by atoms with Gasteiger partial charge in [0.15, 0.2) is 11.6 Å². The van der Waals surface area contributed by atoms with Gasteiger partial charge in [-0.1, -0.05) is 12.1 Å². The second kappa shape index (κ2) is 5.14. The maximum atomic E-state index is 13.4. The van der Waals surface area contributed by atoms with Crippen LogP contribution in [0.4, 0.5) is 8.78 Å². The maximum Gasteiger partial charge on any atom is 0.165 e. The maximum absolute atomic E-state index is 13.4. The molecule has 2 rings (SSSR count). The first-order valence-corrected chi connectivity index (χ1v) is 5.52. The van der Waals surface area contributed by atoms with Crippen molar-refractivity contribution in [2.24, 2.45) is 5.73 Å². The Labute approximate surface area is 104 Å². The van der Waals surface area contributed by atoms with Crippen molar-refractivity contribution in [3.63, 3.8) is 0 Å². The number of nitrogens with two attached hydrogens (primary N) is 1. The summed E-state index contributed by atoms with van der Waals surface area (Å²) in [6.45, 7) is 2.25.